The van der Waals surface area contributed by atoms with Gasteiger partial charge in [0.25, 0.3) is 0 Å². The molecule has 2 aromatic heterocycles. The summed E-state index contributed by atoms with van der Waals surface area (Å²) in [5.74, 6) is 1.71. The Morgan fingerprint density at radius 3 is 1.10 bits per heavy atom. The van der Waals surface area contributed by atoms with Crippen LogP contribution in [-0.2, 0) is 12.8 Å². The van der Waals surface area contributed by atoms with E-state index in [0.29, 0.717) is 0 Å². The van der Waals surface area contributed by atoms with E-state index in [1.807, 2.05) is 0 Å². The molecule has 1 aromatic carbocycles. The van der Waals surface area contributed by atoms with Crippen LogP contribution in [0.1, 0.15) is 192 Å². The van der Waals surface area contributed by atoms with E-state index >= 15 is 0 Å². The van der Waals surface area contributed by atoms with Crippen molar-refractivity contribution in [1.29, 1.82) is 0 Å². The molecule has 3 rings (SSSR count). The maximum Gasteiger partial charge on any atom is 0.0345 e. The predicted molar refractivity (Wildman–Crippen MR) is 221 cm³/mol. The molecule has 0 saturated carbocycles. The fraction of sp³-hybridized carbons (Fsp3) is 0.696. The molecule has 0 spiro atoms. The zero-order valence-electron chi connectivity index (χ0n) is 32.0. The maximum atomic E-state index is 2.46. The molecule has 2 unspecified atom stereocenters. The SMILES string of the molecule is CCCCCCCCC(CCCCCC)Cc1ccc(-c2cccc(-c3ccc(CC(CCCCCC)CCCCCCCC)s3)c2)s1. The fourth-order valence-electron chi connectivity index (χ4n) is 7.52. The summed E-state index contributed by atoms with van der Waals surface area (Å²) < 4.78 is 0. The minimum absolute atomic E-state index is 0.854. The zero-order valence-corrected chi connectivity index (χ0v) is 33.6. The molecular weight excluding hydrogens is 617 g/mol. The number of rotatable bonds is 30. The molecule has 0 amide bonds. The number of benzene rings is 1. The van der Waals surface area contributed by atoms with Crippen molar-refractivity contribution in [3.05, 3.63) is 58.3 Å². The second-order valence-corrected chi connectivity index (χ2v) is 17.4. The van der Waals surface area contributed by atoms with Crippen LogP contribution in [0.15, 0.2) is 48.5 Å². The van der Waals surface area contributed by atoms with E-state index in [-0.39, 0.29) is 0 Å². The van der Waals surface area contributed by atoms with Crippen LogP contribution in [0.5, 0.6) is 0 Å². The van der Waals surface area contributed by atoms with Crippen molar-refractivity contribution in [2.75, 3.05) is 0 Å². The van der Waals surface area contributed by atoms with Gasteiger partial charge in [0, 0.05) is 19.5 Å². The van der Waals surface area contributed by atoms with Gasteiger partial charge in [0.05, 0.1) is 0 Å². The molecule has 3 aromatic rings. The van der Waals surface area contributed by atoms with E-state index in [9.17, 15) is 0 Å². The van der Waals surface area contributed by atoms with Crippen LogP contribution in [0.2, 0.25) is 0 Å². The average molecular weight is 691 g/mol. The van der Waals surface area contributed by atoms with E-state index in [0.717, 1.165) is 11.8 Å². The number of hydrogen-bond donors (Lipinski definition) is 0. The number of hydrogen-bond acceptors (Lipinski definition) is 2. The first-order chi connectivity index (χ1) is 23.7. The first-order valence-corrected chi connectivity index (χ1v) is 22.6. The van der Waals surface area contributed by atoms with Crippen molar-refractivity contribution in [2.24, 2.45) is 11.8 Å². The topological polar surface area (TPSA) is 0 Å². The molecule has 48 heavy (non-hydrogen) atoms. The molecule has 0 fully saturated rings. The van der Waals surface area contributed by atoms with Crippen molar-refractivity contribution >= 4 is 22.7 Å². The minimum Gasteiger partial charge on any atom is -0.140 e. The molecule has 0 aliphatic carbocycles. The normalized spacial score (nSPS) is 12.9. The van der Waals surface area contributed by atoms with Crippen LogP contribution < -0.4 is 0 Å². The third kappa shape index (κ3) is 17.0. The van der Waals surface area contributed by atoms with Crippen LogP contribution in [0.3, 0.4) is 0 Å². The van der Waals surface area contributed by atoms with Crippen LogP contribution in [0, 0.1) is 11.8 Å². The lowest BCUT2D eigenvalue weighted by atomic mass is 9.91. The van der Waals surface area contributed by atoms with Gasteiger partial charge in [-0.25, -0.2) is 0 Å². The summed E-state index contributed by atoms with van der Waals surface area (Å²) in [7, 11) is 0. The Balaban J connectivity index is 1.59. The maximum absolute atomic E-state index is 2.46. The molecule has 0 N–H and O–H groups in total. The lowest BCUT2D eigenvalue weighted by molar-refractivity contribution is 0.404. The van der Waals surface area contributed by atoms with Gasteiger partial charge in [0.1, 0.15) is 0 Å². The van der Waals surface area contributed by atoms with Crippen molar-refractivity contribution in [3.8, 4) is 20.9 Å². The van der Waals surface area contributed by atoms with Crippen LogP contribution in [0.4, 0.5) is 0 Å². The Labute approximate surface area is 307 Å². The molecule has 2 heterocycles. The zero-order chi connectivity index (χ0) is 34.1. The largest absolute Gasteiger partial charge is 0.140 e. The lowest BCUT2D eigenvalue weighted by Crippen LogP contribution is -2.04. The minimum atomic E-state index is 0.854. The summed E-state index contributed by atoms with van der Waals surface area (Å²) in [6.07, 6.45) is 36.2. The van der Waals surface area contributed by atoms with E-state index in [1.165, 1.54) is 188 Å². The van der Waals surface area contributed by atoms with E-state index in [1.54, 1.807) is 9.75 Å². The third-order valence-corrected chi connectivity index (χ3v) is 12.9. The highest BCUT2D eigenvalue weighted by molar-refractivity contribution is 7.16. The molecule has 2 heteroatoms. The van der Waals surface area contributed by atoms with E-state index in [4.69, 9.17) is 0 Å². The first-order valence-electron chi connectivity index (χ1n) is 20.9. The summed E-state index contributed by atoms with van der Waals surface area (Å²) in [5.41, 5.74) is 2.79. The highest BCUT2D eigenvalue weighted by Crippen LogP contribution is 2.36. The van der Waals surface area contributed by atoms with E-state index < -0.39 is 0 Å². The molecular formula is C46H74S2. The summed E-state index contributed by atoms with van der Waals surface area (Å²) >= 11 is 4.11. The van der Waals surface area contributed by atoms with Gasteiger partial charge in [-0.15, -0.1) is 22.7 Å². The number of thiophene rings is 2. The molecule has 0 aliphatic rings. The highest BCUT2D eigenvalue weighted by atomic mass is 32.1. The van der Waals surface area contributed by atoms with Gasteiger partial charge in [0.2, 0.25) is 0 Å². The Bertz CT molecular complexity index is 1080. The van der Waals surface area contributed by atoms with Crippen molar-refractivity contribution in [1.82, 2.24) is 0 Å². The standard InChI is InChI=1S/C46H74S2/c1-5-9-13-17-19-23-28-39(26-21-15-11-7-3)36-43-32-34-45(47-43)41-30-25-31-42(38-41)46-35-33-44(48-46)37-40(27-22-16-12-8-4)29-24-20-18-14-10-6-2/h25,30-35,38-40H,5-24,26-29,36-37H2,1-4H3. The van der Waals surface area contributed by atoms with Gasteiger partial charge < -0.3 is 0 Å². The molecule has 0 aliphatic heterocycles. The lowest BCUT2D eigenvalue weighted by Gasteiger charge is -2.16. The molecule has 0 radical (unpaired) electrons. The first kappa shape index (κ1) is 41.0. The van der Waals surface area contributed by atoms with Crippen molar-refractivity contribution < 1.29 is 0 Å². The van der Waals surface area contributed by atoms with Crippen LogP contribution in [-0.4, -0.2) is 0 Å². The second kappa shape index (κ2) is 26.4. The Hall–Kier alpha value is -1.38. The van der Waals surface area contributed by atoms with Gasteiger partial charge in [-0.05, 0) is 66.1 Å². The van der Waals surface area contributed by atoms with Crippen molar-refractivity contribution in [2.45, 2.75) is 195 Å². The van der Waals surface area contributed by atoms with Gasteiger partial charge in [-0.3, -0.25) is 0 Å². The predicted octanol–water partition coefficient (Wildman–Crippen LogP) is 16.9. The number of unbranched alkanes of at least 4 members (excludes halogenated alkanes) is 16. The second-order valence-electron chi connectivity index (χ2n) is 15.1. The van der Waals surface area contributed by atoms with Gasteiger partial charge in [-0.1, -0.05) is 200 Å². The Morgan fingerprint density at radius 1 is 0.396 bits per heavy atom. The molecule has 270 valence electrons. The monoisotopic (exact) mass is 691 g/mol. The van der Waals surface area contributed by atoms with Crippen LogP contribution >= 0.6 is 22.7 Å². The van der Waals surface area contributed by atoms with E-state index in [2.05, 4.69) is 98.9 Å². The van der Waals surface area contributed by atoms with Gasteiger partial charge >= 0.3 is 0 Å². The quantitative estimate of drug-likeness (QED) is 0.0611. The summed E-state index contributed by atoms with van der Waals surface area (Å²) in [6.45, 7) is 9.30. The van der Waals surface area contributed by atoms with Crippen molar-refractivity contribution in [3.63, 3.8) is 0 Å². The fourth-order valence-corrected chi connectivity index (χ4v) is 9.76. The average Bonchev–Trinajstić information content (AvgIpc) is 3.78. The summed E-state index contributed by atoms with van der Waals surface area (Å²) in [6, 6.07) is 19.1. The molecule has 2 atom stereocenters. The Morgan fingerprint density at radius 2 is 0.729 bits per heavy atom. The van der Waals surface area contributed by atoms with Gasteiger partial charge in [-0.2, -0.15) is 0 Å². The van der Waals surface area contributed by atoms with Crippen LogP contribution in [0.25, 0.3) is 20.9 Å². The summed E-state index contributed by atoms with van der Waals surface area (Å²) in [5, 5.41) is 0. The summed E-state index contributed by atoms with van der Waals surface area (Å²) in [4.78, 5) is 6.07. The van der Waals surface area contributed by atoms with Gasteiger partial charge in [0.15, 0.2) is 0 Å². The Kier molecular flexibility index (Phi) is 22.6. The molecule has 0 nitrogen and oxygen atoms in total. The molecule has 0 bridgehead atoms. The smallest absolute Gasteiger partial charge is 0.0345 e. The molecule has 0 saturated heterocycles. The third-order valence-electron chi connectivity index (χ3n) is 10.6. The highest BCUT2D eigenvalue weighted by Gasteiger charge is 2.15.